The molecule has 2 bridgehead atoms. The van der Waals surface area contributed by atoms with Gasteiger partial charge < -0.3 is 10.6 Å². The third-order valence-electron chi connectivity index (χ3n) is 4.77. The Labute approximate surface area is 119 Å². The fourth-order valence-electron chi connectivity index (χ4n) is 3.82. The Hall–Kier alpha value is -1.03. The minimum absolute atomic E-state index is 0.424. The highest BCUT2D eigenvalue weighted by Crippen LogP contribution is 2.49. The summed E-state index contributed by atoms with van der Waals surface area (Å²) in [6, 6.07) is 0.424. The summed E-state index contributed by atoms with van der Waals surface area (Å²) in [5.41, 5.74) is 0. The van der Waals surface area contributed by atoms with Gasteiger partial charge in [-0.15, -0.1) is 0 Å². The summed E-state index contributed by atoms with van der Waals surface area (Å²) in [4.78, 5) is 8.51. The molecule has 19 heavy (non-hydrogen) atoms. The molecule has 2 fully saturated rings. The van der Waals surface area contributed by atoms with Gasteiger partial charge in [-0.2, -0.15) is 4.98 Å². The number of anilines is 2. The monoisotopic (exact) mass is 280 g/mol. The van der Waals surface area contributed by atoms with E-state index in [0.29, 0.717) is 17.0 Å². The molecular formula is C14H21ClN4. The second-order valence-corrected chi connectivity index (χ2v) is 6.32. The number of halogens is 1. The normalized spacial score (nSPS) is 30.4. The van der Waals surface area contributed by atoms with Crippen molar-refractivity contribution in [1.29, 1.82) is 0 Å². The van der Waals surface area contributed by atoms with Crippen LogP contribution in [0.25, 0.3) is 0 Å². The summed E-state index contributed by atoms with van der Waals surface area (Å²) in [6.07, 6.45) is 7.28. The van der Waals surface area contributed by atoms with E-state index in [1.54, 1.807) is 6.20 Å². The summed E-state index contributed by atoms with van der Waals surface area (Å²) in [5.74, 6) is 3.98. The van der Waals surface area contributed by atoms with Crippen LogP contribution in [0.5, 0.6) is 0 Å². The van der Waals surface area contributed by atoms with Crippen molar-refractivity contribution < 1.29 is 0 Å². The molecule has 4 unspecified atom stereocenters. The zero-order valence-corrected chi connectivity index (χ0v) is 12.2. The predicted octanol–water partition coefficient (Wildman–Crippen LogP) is 3.41. The van der Waals surface area contributed by atoms with E-state index in [4.69, 9.17) is 11.6 Å². The number of nitrogens with zero attached hydrogens (tertiary/aromatic N) is 2. The number of fused-ring (bicyclic) bond motifs is 2. The van der Waals surface area contributed by atoms with Gasteiger partial charge in [-0.3, -0.25) is 0 Å². The molecule has 2 N–H and O–H groups in total. The Kier molecular flexibility index (Phi) is 3.52. The smallest absolute Gasteiger partial charge is 0.224 e. The van der Waals surface area contributed by atoms with Crippen LogP contribution in [0.15, 0.2) is 6.20 Å². The van der Waals surface area contributed by atoms with Crippen LogP contribution in [0.2, 0.25) is 5.02 Å². The van der Waals surface area contributed by atoms with E-state index in [9.17, 15) is 0 Å². The Morgan fingerprint density at radius 3 is 2.84 bits per heavy atom. The van der Waals surface area contributed by atoms with E-state index >= 15 is 0 Å². The molecule has 0 radical (unpaired) electrons. The van der Waals surface area contributed by atoms with Crippen LogP contribution in [0.4, 0.5) is 11.8 Å². The average Bonchev–Trinajstić information content (AvgIpc) is 3.03. The van der Waals surface area contributed by atoms with E-state index < -0.39 is 0 Å². The number of nitrogens with one attached hydrogen (secondary N) is 2. The quantitative estimate of drug-likeness (QED) is 0.887. The van der Waals surface area contributed by atoms with Crippen molar-refractivity contribution >= 4 is 23.4 Å². The summed E-state index contributed by atoms with van der Waals surface area (Å²) in [5, 5.41) is 7.02. The second-order valence-electron chi connectivity index (χ2n) is 5.91. The van der Waals surface area contributed by atoms with Gasteiger partial charge in [0.1, 0.15) is 5.02 Å². The number of hydrogen-bond acceptors (Lipinski definition) is 4. The van der Waals surface area contributed by atoms with Crippen molar-refractivity contribution in [2.75, 3.05) is 17.7 Å². The van der Waals surface area contributed by atoms with Gasteiger partial charge in [0.25, 0.3) is 0 Å². The lowest BCUT2D eigenvalue weighted by molar-refractivity contribution is 0.304. The van der Waals surface area contributed by atoms with Crippen LogP contribution in [0, 0.1) is 17.8 Å². The van der Waals surface area contributed by atoms with Crippen LogP contribution in [-0.4, -0.2) is 23.1 Å². The lowest BCUT2D eigenvalue weighted by atomic mass is 9.84. The Balaban J connectivity index is 1.70. The summed E-state index contributed by atoms with van der Waals surface area (Å²) in [6.45, 7) is 2.25. The van der Waals surface area contributed by atoms with Crippen LogP contribution in [-0.2, 0) is 0 Å². The molecule has 2 aliphatic carbocycles. The molecule has 2 saturated carbocycles. The summed E-state index contributed by atoms with van der Waals surface area (Å²) < 4.78 is 0. The summed E-state index contributed by atoms with van der Waals surface area (Å²) in [7, 11) is 1.81. The molecule has 0 saturated heterocycles. The number of rotatable bonds is 4. The maximum Gasteiger partial charge on any atom is 0.224 e. The third-order valence-corrected chi connectivity index (χ3v) is 5.04. The first-order valence-electron chi connectivity index (χ1n) is 7.14. The first-order valence-corrected chi connectivity index (χ1v) is 7.52. The van der Waals surface area contributed by atoms with Crippen LogP contribution in [0.1, 0.15) is 32.6 Å². The van der Waals surface area contributed by atoms with Crippen LogP contribution < -0.4 is 10.6 Å². The molecule has 4 atom stereocenters. The SMILES string of the molecule is CNc1ncc(Cl)c(NC(C)C2CC3CCC2C3)n1. The second kappa shape index (κ2) is 5.16. The van der Waals surface area contributed by atoms with Crippen LogP contribution >= 0.6 is 11.6 Å². The summed E-state index contributed by atoms with van der Waals surface area (Å²) >= 11 is 6.17. The Morgan fingerprint density at radius 1 is 1.37 bits per heavy atom. The lowest BCUT2D eigenvalue weighted by Crippen LogP contribution is -2.30. The Morgan fingerprint density at radius 2 is 2.21 bits per heavy atom. The zero-order chi connectivity index (χ0) is 13.4. The first kappa shape index (κ1) is 13.0. The van der Waals surface area contributed by atoms with Gasteiger partial charge >= 0.3 is 0 Å². The van der Waals surface area contributed by atoms with Gasteiger partial charge in [-0.1, -0.05) is 18.0 Å². The van der Waals surface area contributed by atoms with E-state index in [2.05, 4.69) is 27.5 Å². The van der Waals surface area contributed by atoms with Gasteiger partial charge in [0, 0.05) is 13.1 Å². The standard InChI is InChI=1S/C14H21ClN4/c1-8(11-6-9-3-4-10(11)5-9)18-13-12(15)7-17-14(16-2)19-13/h7-11H,3-6H2,1-2H3,(H2,16,17,18,19). The van der Waals surface area contributed by atoms with Gasteiger partial charge in [0.2, 0.25) is 5.95 Å². The van der Waals surface area contributed by atoms with Crippen molar-refractivity contribution in [3.05, 3.63) is 11.2 Å². The largest absolute Gasteiger partial charge is 0.366 e. The highest BCUT2D eigenvalue weighted by molar-refractivity contribution is 6.32. The number of aromatic nitrogens is 2. The molecule has 4 nitrogen and oxygen atoms in total. The molecule has 5 heteroatoms. The Bertz CT molecular complexity index is 465. The van der Waals surface area contributed by atoms with Gasteiger partial charge in [-0.25, -0.2) is 4.98 Å². The minimum Gasteiger partial charge on any atom is -0.366 e. The molecule has 1 aromatic rings. The topological polar surface area (TPSA) is 49.8 Å². The van der Waals surface area contributed by atoms with Gasteiger partial charge in [-0.05, 0) is 43.9 Å². The highest BCUT2D eigenvalue weighted by atomic mass is 35.5. The van der Waals surface area contributed by atoms with E-state index in [1.165, 1.54) is 25.7 Å². The zero-order valence-electron chi connectivity index (χ0n) is 11.5. The molecule has 1 aromatic heterocycles. The fraction of sp³-hybridized carbons (Fsp3) is 0.714. The van der Waals surface area contributed by atoms with Crippen molar-refractivity contribution in [3.63, 3.8) is 0 Å². The van der Waals surface area contributed by atoms with Crippen molar-refractivity contribution in [3.8, 4) is 0 Å². The minimum atomic E-state index is 0.424. The van der Waals surface area contributed by atoms with Gasteiger partial charge in [0.15, 0.2) is 5.82 Å². The molecule has 1 heterocycles. The van der Waals surface area contributed by atoms with E-state index in [-0.39, 0.29) is 0 Å². The predicted molar refractivity (Wildman–Crippen MR) is 78.6 cm³/mol. The van der Waals surface area contributed by atoms with Crippen molar-refractivity contribution in [2.24, 2.45) is 17.8 Å². The first-order chi connectivity index (χ1) is 9.17. The molecular weight excluding hydrogens is 260 g/mol. The number of hydrogen-bond donors (Lipinski definition) is 2. The van der Waals surface area contributed by atoms with E-state index in [1.807, 2.05) is 7.05 Å². The molecule has 0 spiro atoms. The lowest BCUT2D eigenvalue weighted by Gasteiger charge is -2.29. The molecule has 0 aromatic carbocycles. The van der Waals surface area contributed by atoms with Crippen molar-refractivity contribution in [1.82, 2.24) is 9.97 Å². The molecule has 2 aliphatic rings. The van der Waals surface area contributed by atoms with E-state index in [0.717, 1.165) is 23.6 Å². The van der Waals surface area contributed by atoms with Crippen LogP contribution in [0.3, 0.4) is 0 Å². The van der Waals surface area contributed by atoms with Gasteiger partial charge in [0.05, 0.1) is 6.20 Å². The third kappa shape index (κ3) is 2.50. The molecule has 0 amide bonds. The maximum absolute atomic E-state index is 6.17. The molecule has 3 rings (SSSR count). The maximum atomic E-state index is 6.17. The van der Waals surface area contributed by atoms with Crippen molar-refractivity contribution in [2.45, 2.75) is 38.6 Å². The fourth-order valence-corrected chi connectivity index (χ4v) is 3.96. The highest BCUT2D eigenvalue weighted by Gasteiger charge is 2.41. The molecule has 0 aliphatic heterocycles. The average molecular weight is 281 g/mol. The molecule has 104 valence electrons.